The Morgan fingerprint density at radius 1 is 0.906 bits per heavy atom. The van der Waals surface area contributed by atoms with Crippen molar-refractivity contribution in [3.63, 3.8) is 0 Å². The summed E-state index contributed by atoms with van der Waals surface area (Å²) < 4.78 is 78.5. The SMILES string of the molecule is [CH2-]CC(=O)NC(Cc1ccc(C(F)(F)F)cc1)C(=O)NCc1ccc(OC(F)(F)F)cc1. The number of alkyl halides is 6. The lowest BCUT2D eigenvalue weighted by atomic mass is 10.0. The molecule has 2 aromatic carbocycles. The molecule has 1 unspecified atom stereocenters. The number of carbonyl (C=O) groups excluding carboxylic acids is 2. The van der Waals surface area contributed by atoms with E-state index in [-0.39, 0.29) is 19.4 Å². The maximum Gasteiger partial charge on any atom is 0.573 e. The van der Waals surface area contributed by atoms with Crippen molar-refractivity contribution < 1.29 is 40.7 Å². The van der Waals surface area contributed by atoms with E-state index in [1.54, 1.807) is 0 Å². The summed E-state index contributed by atoms with van der Waals surface area (Å²) in [5.74, 6) is -1.58. The average Bonchev–Trinajstić information content (AvgIpc) is 2.71. The van der Waals surface area contributed by atoms with Crippen molar-refractivity contribution in [2.24, 2.45) is 0 Å². The number of hydrogen-bond donors (Lipinski definition) is 2. The summed E-state index contributed by atoms with van der Waals surface area (Å²) in [4.78, 5) is 24.3. The Labute approximate surface area is 179 Å². The molecular formula is C21H19F6N2O3-. The minimum Gasteiger partial charge on any atom is -0.406 e. The van der Waals surface area contributed by atoms with E-state index in [4.69, 9.17) is 0 Å². The first-order chi connectivity index (χ1) is 14.9. The molecule has 0 bridgehead atoms. The van der Waals surface area contributed by atoms with Gasteiger partial charge in [-0.3, -0.25) is 9.59 Å². The molecule has 0 saturated carbocycles. The Morgan fingerprint density at radius 2 is 1.47 bits per heavy atom. The third-order valence-corrected chi connectivity index (χ3v) is 4.22. The standard InChI is InChI=1S/C21H19F6N2O3/c1-2-18(30)29-17(11-13-3-7-15(8-4-13)20(22,23)24)19(31)28-12-14-5-9-16(10-6-14)32-21(25,26)27/h3-10,17H,1-2,11-12H2,(H,28,31)(H,29,30)/q-1. The molecule has 174 valence electrons. The maximum atomic E-state index is 12.7. The largest absolute Gasteiger partial charge is 0.573 e. The highest BCUT2D eigenvalue weighted by Crippen LogP contribution is 2.29. The van der Waals surface area contributed by atoms with Crippen LogP contribution >= 0.6 is 0 Å². The Bertz CT molecular complexity index is 909. The fraction of sp³-hybridized carbons (Fsp3) is 0.286. The van der Waals surface area contributed by atoms with Crippen molar-refractivity contribution in [2.45, 2.75) is 38.0 Å². The van der Waals surface area contributed by atoms with E-state index >= 15 is 0 Å². The summed E-state index contributed by atoms with van der Waals surface area (Å²) in [6.45, 7) is 3.35. The number of hydrogen-bond acceptors (Lipinski definition) is 3. The maximum absolute atomic E-state index is 12.7. The van der Waals surface area contributed by atoms with E-state index in [1.165, 1.54) is 24.3 Å². The molecular weight excluding hydrogens is 442 g/mol. The quantitative estimate of drug-likeness (QED) is 0.458. The van der Waals surface area contributed by atoms with E-state index < -0.39 is 41.7 Å². The first-order valence-corrected chi connectivity index (χ1v) is 9.24. The highest BCUT2D eigenvalue weighted by atomic mass is 19.4. The number of amides is 2. The van der Waals surface area contributed by atoms with Crippen LogP contribution in [-0.2, 0) is 28.7 Å². The van der Waals surface area contributed by atoms with Crippen molar-refractivity contribution in [3.05, 3.63) is 72.1 Å². The fourth-order valence-corrected chi connectivity index (χ4v) is 2.66. The molecule has 0 aliphatic heterocycles. The van der Waals surface area contributed by atoms with E-state index in [9.17, 15) is 35.9 Å². The van der Waals surface area contributed by atoms with Gasteiger partial charge in [0.2, 0.25) is 5.91 Å². The monoisotopic (exact) mass is 461 g/mol. The van der Waals surface area contributed by atoms with Crippen LogP contribution < -0.4 is 15.4 Å². The zero-order valence-corrected chi connectivity index (χ0v) is 16.5. The predicted octanol–water partition coefficient (Wildman–Crippen LogP) is 4.17. The minimum atomic E-state index is -4.83. The van der Waals surface area contributed by atoms with E-state index in [0.717, 1.165) is 24.3 Å². The molecule has 0 aliphatic carbocycles. The van der Waals surface area contributed by atoms with Gasteiger partial charge >= 0.3 is 12.5 Å². The smallest absolute Gasteiger partial charge is 0.406 e. The van der Waals surface area contributed by atoms with Crippen LogP contribution in [0.4, 0.5) is 26.3 Å². The van der Waals surface area contributed by atoms with Gasteiger partial charge < -0.3 is 22.3 Å². The van der Waals surface area contributed by atoms with E-state index in [2.05, 4.69) is 22.3 Å². The van der Waals surface area contributed by atoms with Crippen molar-refractivity contribution in [1.29, 1.82) is 0 Å². The van der Waals surface area contributed by atoms with Gasteiger partial charge in [0.1, 0.15) is 11.8 Å². The van der Waals surface area contributed by atoms with Crippen molar-refractivity contribution in [3.8, 4) is 5.75 Å². The number of benzene rings is 2. The second kappa shape index (κ2) is 10.4. The first-order valence-electron chi connectivity index (χ1n) is 9.24. The van der Waals surface area contributed by atoms with Gasteiger partial charge in [-0.2, -0.15) is 13.2 Å². The van der Waals surface area contributed by atoms with Gasteiger partial charge in [0.25, 0.3) is 0 Å². The minimum absolute atomic E-state index is 0.0606. The molecule has 2 amide bonds. The molecule has 0 spiro atoms. The fourth-order valence-electron chi connectivity index (χ4n) is 2.66. The molecule has 0 aromatic heterocycles. The second-order valence-electron chi connectivity index (χ2n) is 6.68. The summed E-state index contributed by atoms with van der Waals surface area (Å²) in [6, 6.07) is 7.88. The van der Waals surface area contributed by atoms with Crippen LogP contribution in [0.5, 0.6) is 5.75 Å². The van der Waals surface area contributed by atoms with Gasteiger partial charge in [-0.1, -0.05) is 24.3 Å². The van der Waals surface area contributed by atoms with Crippen LogP contribution in [0.25, 0.3) is 0 Å². The Hall–Kier alpha value is -3.24. The van der Waals surface area contributed by atoms with Crippen molar-refractivity contribution in [1.82, 2.24) is 10.6 Å². The van der Waals surface area contributed by atoms with E-state index in [0.29, 0.717) is 11.1 Å². The van der Waals surface area contributed by atoms with Gasteiger partial charge in [0, 0.05) is 13.0 Å². The van der Waals surface area contributed by atoms with Crippen molar-refractivity contribution >= 4 is 11.8 Å². The summed E-state index contributed by atoms with van der Waals surface area (Å²) in [7, 11) is 0. The molecule has 2 rings (SSSR count). The van der Waals surface area contributed by atoms with Gasteiger partial charge in [-0.05, 0) is 35.4 Å². The molecule has 11 heteroatoms. The van der Waals surface area contributed by atoms with Crippen LogP contribution in [0.15, 0.2) is 48.5 Å². The van der Waals surface area contributed by atoms with Gasteiger partial charge in [-0.25, -0.2) is 0 Å². The van der Waals surface area contributed by atoms with Gasteiger partial charge in [-0.15, -0.1) is 19.6 Å². The zero-order chi connectivity index (χ0) is 23.9. The number of carbonyl (C=O) groups is 2. The normalized spacial score (nSPS) is 12.7. The number of rotatable bonds is 8. The van der Waals surface area contributed by atoms with E-state index in [1.807, 2.05) is 0 Å². The molecule has 2 aromatic rings. The molecule has 1 atom stereocenters. The average molecular weight is 461 g/mol. The number of ether oxygens (including phenoxy) is 1. The molecule has 32 heavy (non-hydrogen) atoms. The topological polar surface area (TPSA) is 67.4 Å². The van der Waals surface area contributed by atoms with Crippen LogP contribution in [0.3, 0.4) is 0 Å². The Morgan fingerprint density at radius 3 is 1.97 bits per heavy atom. The third-order valence-electron chi connectivity index (χ3n) is 4.22. The van der Waals surface area contributed by atoms with Crippen LogP contribution in [0.2, 0.25) is 0 Å². The molecule has 0 fully saturated rings. The Kier molecular flexibility index (Phi) is 8.12. The summed E-state index contributed by atoms with van der Waals surface area (Å²) in [6.07, 6.45) is -9.56. The first kappa shape index (κ1) is 25.0. The molecule has 0 saturated heterocycles. The molecule has 5 nitrogen and oxygen atoms in total. The predicted molar refractivity (Wildman–Crippen MR) is 102 cm³/mol. The Balaban J connectivity index is 2.03. The molecule has 0 radical (unpaired) electrons. The summed E-state index contributed by atoms with van der Waals surface area (Å²) >= 11 is 0. The third kappa shape index (κ3) is 8.12. The molecule has 2 N–H and O–H groups in total. The zero-order valence-electron chi connectivity index (χ0n) is 16.5. The lowest BCUT2D eigenvalue weighted by Gasteiger charge is -2.19. The second-order valence-corrected chi connectivity index (χ2v) is 6.68. The highest BCUT2D eigenvalue weighted by Gasteiger charge is 2.31. The highest BCUT2D eigenvalue weighted by molar-refractivity contribution is 5.88. The lowest BCUT2D eigenvalue weighted by Crippen LogP contribution is -2.47. The number of nitrogens with one attached hydrogen (secondary N) is 2. The summed E-state index contributed by atoms with van der Waals surface area (Å²) in [5, 5.41) is 4.99. The van der Waals surface area contributed by atoms with Gasteiger partial charge in [0.15, 0.2) is 5.91 Å². The molecule has 0 aliphatic rings. The number of halogens is 6. The van der Waals surface area contributed by atoms with Gasteiger partial charge in [0.05, 0.1) is 5.56 Å². The molecule has 0 heterocycles. The van der Waals surface area contributed by atoms with Crippen molar-refractivity contribution in [2.75, 3.05) is 0 Å². The summed E-state index contributed by atoms with van der Waals surface area (Å²) in [5.41, 5.74) is 0.00259. The van der Waals surface area contributed by atoms with Crippen LogP contribution in [0, 0.1) is 6.92 Å². The lowest BCUT2D eigenvalue weighted by molar-refractivity contribution is -0.274. The van der Waals surface area contributed by atoms with Crippen LogP contribution in [0.1, 0.15) is 23.1 Å². The van der Waals surface area contributed by atoms with Crippen LogP contribution in [-0.4, -0.2) is 24.2 Å².